The number of hydrogen-bond acceptors (Lipinski definition) is 2. The monoisotopic (exact) mass is 144 g/mol. The molecular weight excluding hydrogens is 128 g/mol. The summed E-state index contributed by atoms with van der Waals surface area (Å²) < 4.78 is 5.18. The average Bonchev–Trinajstić information content (AvgIpc) is 2.01. The van der Waals surface area contributed by atoms with Gasteiger partial charge in [-0.25, -0.2) is 0 Å². The normalized spacial score (nSPS) is 18.6. The second-order valence-corrected chi connectivity index (χ2v) is 2.40. The molecule has 1 unspecified atom stereocenters. The van der Waals surface area contributed by atoms with Crippen LogP contribution in [0.3, 0.4) is 0 Å². The molecule has 1 atom stereocenters. The first-order valence-electron chi connectivity index (χ1n) is 3.38. The minimum Gasteiger partial charge on any atom is -0.385 e. The molecule has 0 aliphatic heterocycles. The molecule has 0 spiro atoms. The van der Waals surface area contributed by atoms with E-state index in [1.165, 1.54) is 0 Å². The molecule has 0 saturated carbocycles. The second-order valence-electron chi connectivity index (χ2n) is 2.40. The molecular formula is C7H16N2O. The van der Waals surface area contributed by atoms with Gasteiger partial charge in [-0.1, -0.05) is 6.92 Å². The van der Waals surface area contributed by atoms with Crippen molar-refractivity contribution in [3.63, 3.8) is 0 Å². The van der Waals surface area contributed by atoms with E-state index < -0.39 is 0 Å². The first-order valence-corrected chi connectivity index (χ1v) is 3.38. The van der Waals surface area contributed by atoms with E-state index in [0.717, 1.165) is 6.42 Å². The van der Waals surface area contributed by atoms with Gasteiger partial charge in [-0.05, 0) is 13.3 Å². The Morgan fingerprint density at radius 1 is 1.70 bits per heavy atom. The van der Waals surface area contributed by atoms with Crippen molar-refractivity contribution in [2.24, 2.45) is 10.7 Å². The Bertz CT molecular complexity index is 128. The highest BCUT2D eigenvalue weighted by atomic mass is 16.5. The number of nitrogens with zero attached hydrogens (tertiary/aromatic N) is 1. The second kappa shape index (κ2) is 3.56. The Kier molecular flexibility index (Phi) is 3.36. The van der Waals surface area contributed by atoms with E-state index in [1.54, 1.807) is 14.2 Å². The summed E-state index contributed by atoms with van der Waals surface area (Å²) in [7, 11) is 3.31. The predicted octanol–water partition coefficient (Wildman–Crippen LogP) is 0.789. The number of amidine groups is 1. The van der Waals surface area contributed by atoms with E-state index in [0.29, 0.717) is 5.84 Å². The average molecular weight is 144 g/mol. The standard InChI is InChI=1S/C7H16N2O/c1-5-7(2,10-4)6(8)9-3/h5H2,1-4H3,(H2,8,9). The lowest BCUT2D eigenvalue weighted by Crippen LogP contribution is -2.42. The topological polar surface area (TPSA) is 47.6 Å². The molecule has 3 heteroatoms. The molecule has 2 N–H and O–H groups in total. The molecule has 3 nitrogen and oxygen atoms in total. The Balaban J connectivity index is 4.32. The summed E-state index contributed by atoms with van der Waals surface area (Å²) in [6.45, 7) is 3.94. The van der Waals surface area contributed by atoms with Crippen molar-refractivity contribution in [1.29, 1.82) is 0 Å². The molecule has 0 radical (unpaired) electrons. The van der Waals surface area contributed by atoms with Crippen molar-refractivity contribution in [3.8, 4) is 0 Å². The molecule has 0 aromatic rings. The summed E-state index contributed by atoms with van der Waals surface area (Å²) in [5, 5.41) is 0. The highest BCUT2D eigenvalue weighted by molar-refractivity contribution is 5.88. The van der Waals surface area contributed by atoms with Gasteiger partial charge >= 0.3 is 0 Å². The van der Waals surface area contributed by atoms with Gasteiger partial charge in [-0.15, -0.1) is 0 Å². The van der Waals surface area contributed by atoms with Gasteiger partial charge in [-0.2, -0.15) is 0 Å². The fraction of sp³-hybridized carbons (Fsp3) is 0.857. The molecule has 0 amide bonds. The zero-order chi connectivity index (χ0) is 8.20. The van der Waals surface area contributed by atoms with Crippen LogP contribution in [-0.4, -0.2) is 25.6 Å². The van der Waals surface area contributed by atoms with Crippen molar-refractivity contribution >= 4 is 5.84 Å². The third-order valence-corrected chi connectivity index (χ3v) is 1.91. The molecule has 0 aromatic carbocycles. The van der Waals surface area contributed by atoms with Crippen LogP contribution in [-0.2, 0) is 4.74 Å². The predicted molar refractivity (Wildman–Crippen MR) is 43.3 cm³/mol. The van der Waals surface area contributed by atoms with E-state index in [1.807, 2.05) is 13.8 Å². The maximum absolute atomic E-state index is 5.60. The third kappa shape index (κ3) is 1.70. The van der Waals surface area contributed by atoms with Crippen LogP contribution >= 0.6 is 0 Å². The minimum absolute atomic E-state index is 0.380. The molecule has 0 heterocycles. The van der Waals surface area contributed by atoms with Crippen LogP contribution in [0.1, 0.15) is 20.3 Å². The van der Waals surface area contributed by atoms with Crippen LogP contribution in [0.15, 0.2) is 4.99 Å². The van der Waals surface area contributed by atoms with Crippen LogP contribution < -0.4 is 5.73 Å². The zero-order valence-corrected chi connectivity index (χ0v) is 7.14. The number of nitrogens with two attached hydrogens (primary N) is 1. The summed E-state index contributed by atoms with van der Waals surface area (Å²) in [6, 6.07) is 0. The maximum atomic E-state index is 5.60. The summed E-state index contributed by atoms with van der Waals surface area (Å²) in [5.41, 5.74) is 5.22. The SMILES string of the molecule is CCC(C)(OC)C(N)=NC. The van der Waals surface area contributed by atoms with Gasteiger partial charge in [0.1, 0.15) is 11.4 Å². The summed E-state index contributed by atoms with van der Waals surface area (Å²) in [4.78, 5) is 3.87. The van der Waals surface area contributed by atoms with E-state index in [2.05, 4.69) is 4.99 Å². The third-order valence-electron chi connectivity index (χ3n) is 1.91. The minimum atomic E-state index is -0.380. The largest absolute Gasteiger partial charge is 0.385 e. The lowest BCUT2D eigenvalue weighted by molar-refractivity contribution is 0.0619. The van der Waals surface area contributed by atoms with Crippen LogP contribution in [0, 0.1) is 0 Å². The number of aliphatic imine (C=N–C) groups is 1. The van der Waals surface area contributed by atoms with Crippen LogP contribution in [0.2, 0.25) is 0 Å². The molecule has 0 fully saturated rings. The van der Waals surface area contributed by atoms with Crippen molar-refractivity contribution in [2.45, 2.75) is 25.9 Å². The molecule has 0 aromatic heterocycles. The fourth-order valence-corrected chi connectivity index (χ4v) is 0.667. The Labute approximate surface area is 62.3 Å². The van der Waals surface area contributed by atoms with E-state index in [4.69, 9.17) is 10.5 Å². The van der Waals surface area contributed by atoms with Gasteiger partial charge in [0.25, 0.3) is 0 Å². The Morgan fingerprint density at radius 3 is 2.30 bits per heavy atom. The molecule has 0 rings (SSSR count). The van der Waals surface area contributed by atoms with Crippen LogP contribution in [0.5, 0.6) is 0 Å². The maximum Gasteiger partial charge on any atom is 0.126 e. The number of rotatable bonds is 3. The lowest BCUT2D eigenvalue weighted by Gasteiger charge is -2.25. The van der Waals surface area contributed by atoms with E-state index in [-0.39, 0.29) is 5.60 Å². The van der Waals surface area contributed by atoms with Crippen molar-refractivity contribution in [1.82, 2.24) is 0 Å². The first kappa shape index (κ1) is 9.43. The molecule has 0 saturated heterocycles. The highest BCUT2D eigenvalue weighted by Gasteiger charge is 2.25. The Hall–Kier alpha value is -0.570. The van der Waals surface area contributed by atoms with Crippen molar-refractivity contribution in [3.05, 3.63) is 0 Å². The molecule has 0 aliphatic rings. The molecule has 10 heavy (non-hydrogen) atoms. The van der Waals surface area contributed by atoms with Crippen LogP contribution in [0.4, 0.5) is 0 Å². The molecule has 60 valence electrons. The van der Waals surface area contributed by atoms with Crippen molar-refractivity contribution in [2.75, 3.05) is 14.2 Å². The van der Waals surface area contributed by atoms with Gasteiger partial charge in [0.15, 0.2) is 0 Å². The van der Waals surface area contributed by atoms with E-state index >= 15 is 0 Å². The number of ether oxygens (including phenoxy) is 1. The lowest BCUT2D eigenvalue weighted by atomic mass is 10.0. The van der Waals surface area contributed by atoms with Gasteiger partial charge in [0, 0.05) is 14.2 Å². The molecule has 0 aliphatic carbocycles. The van der Waals surface area contributed by atoms with E-state index in [9.17, 15) is 0 Å². The van der Waals surface area contributed by atoms with Crippen molar-refractivity contribution < 1.29 is 4.74 Å². The smallest absolute Gasteiger partial charge is 0.126 e. The number of hydrogen-bond donors (Lipinski definition) is 1. The van der Waals surface area contributed by atoms with Gasteiger partial charge in [-0.3, -0.25) is 4.99 Å². The van der Waals surface area contributed by atoms with Gasteiger partial charge < -0.3 is 10.5 Å². The quantitative estimate of drug-likeness (QED) is 0.470. The number of methoxy groups -OCH3 is 1. The summed E-state index contributed by atoms with van der Waals surface area (Å²) in [6.07, 6.45) is 0.840. The first-order chi connectivity index (χ1) is 4.60. The van der Waals surface area contributed by atoms with Crippen LogP contribution in [0.25, 0.3) is 0 Å². The Morgan fingerprint density at radius 2 is 2.20 bits per heavy atom. The molecule has 0 bridgehead atoms. The highest BCUT2D eigenvalue weighted by Crippen LogP contribution is 2.13. The van der Waals surface area contributed by atoms with Gasteiger partial charge in [0.2, 0.25) is 0 Å². The summed E-state index contributed by atoms with van der Waals surface area (Å²) in [5.74, 6) is 0.553. The zero-order valence-electron chi connectivity index (χ0n) is 7.14. The summed E-state index contributed by atoms with van der Waals surface area (Å²) >= 11 is 0. The fourth-order valence-electron chi connectivity index (χ4n) is 0.667. The van der Waals surface area contributed by atoms with Gasteiger partial charge in [0.05, 0.1) is 0 Å².